The lowest BCUT2D eigenvalue weighted by atomic mass is 9.75. The van der Waals surface area contributed by atoms with E-state index >= 15 is 0 Å². The van der Waals surface area contributed by atoms with Gasteiger partial charge in [-0.2, -0.15) is 23.5 Å². The van der Waals surface area contributed by atoms with E-state index in [1.807, 2.05) is 0 Å². The van der Waals surface area contributed by atoms with E-state index in [0.29, 0.717) is 73.0 Å². The molecule has 0 bridgehead atoms. The van der Waals surface area contributed by atoms with Crippen LogP contribution in [0.4, 0.5) is 0 Å². The van der Waals surface area contributed by atoms with Crippen LogP contribution in [0.5, 0.6) is 23.0 Å². The van der Waals surface area contributed by atoms with E-state index in [0.717, 1.165) is 78.3 Å². The highest BCUT2D eigenvalue weighted by Crippen LogP contribution is 2.45. The molecule has 4 rings (SSSR count). The molecule has 0 aliphatic heterocycles. The number of phenols is 4. The Morgan fingerprint density at radius 3 is 0.610 bits per heavy atom. The molecule has 0 aromatic heterocycles. The first kappa shape index (κ1) is 70.2. The molecule has 82 heavy (non-hydrogen) atoms. The average molecular weight is 1170 g/mol. The highest BCUT2D eigenvalue weighted by molar-refractivity contribution is 8.02. The number of carbonyl (C=O) groups excluding carboxylic acids is 2. The molecule has 0 unspecified atom stereocenters. The summed E-state index contributed by atoms with van der Waals surface area (Å²) >= 11 is 3.50. The molecule has 6 N–H and O–H groups in total. The Hall–Kier alpha value is -4.28. The lowest BCUT2D eigenvalue weighted by molar-refractivity contribution is -0.123. The van der Waals surface area contributed by atoms with Gasteiger partial charge in [-0.3, -0.25) is 9.59 Å². The fourth-order valence-corrected chi connectivity index (χ4v) is 13.3. The van der Waals surface area contributed by atoms with Gasteiger partial charge in [0.15, 0.2) is 0 Å². The monoisotopic (exact) mass is 1160 g/mol. The van der Waals surface area contributed by atoms with E-state index in [9.17, 15) is 30.0 Å². The summed E-state index contributed by atoms with van der Waals surface area (Å²) in [4.78, 5) is 28.4. The molecule has 0 atom stereocenters. The van der Waals surface area contributed by atoms with Gasteiger partial charge in [0.05, 0.1) is 0 Å². The van der Waals surface area contributed by atoms with Crippen LogP contribution in [0.3, 0.4) is 0 Å². The number of phenolic OH excluding ortho intramolecular Hbond substituents is 4. The summed E-state index contributed by atoms with van der Waals surface area (Å²) in [6, 6.07) is 16.9. The molecule has 0 aliphatic rings. The van der Waals surface area contributed by atoms with Crippen LogP contribution in [0.2, 0.25) is 0 Å². The van der Waals surface area contributed by atoms with Gasteiger partial charge in [0, 0.05) is 46.9 Å². The van der Waals surface area contributed by atoms with Gasteiger partial charge in [0.1, 0.15) is 23.0 Å². The van der Waals surface area contributed by atoms with Crippen molar-refractivity contribution in [1.29, 1.82) is 0 Å². The van der Waals surface area contributed by atoms with E-state index in [1.54, 1.807) is 23.5 Å². The largest absolute Gasteiger partial charge is 0.507 e. The molecule has 0 spiro atoms. The lowest BCUT2D eigenvalue weighted by Crippen LogP contribution is -2.49. The summed E-state index contributed by atoms with van der Waals surface area (Å²) < 4.78 is 0. The first-order valence-electron chi connectivity index (χ1n) is 30.1. The van der Waals surface area contributed by atoms with Crippen molar-refractivity contribution in [2.45, 2.75) is 273 Å². The third kappa shape index (κ3) is 19.1. The summed E-state index contributed by atoms with van der Waals surface area (Å²) in [6.07, 6.45) is 2.86. The van der Waals surface area contributed by atoms with E-state index in [1.165, 1.54) is 0 Å². The molecule has 4 aromatic carbocycles. The van der Waals surface area contributed by atoms with Gasteiger partial charge in [-0.25, -0.2) is 0 Å². The maximum atomic E-state index is 14.2. The van der Waals surface area contributed by atoms with Gasteiger partial charge in [0.2, 0.25) is 11.8 Å². The molecular weight excluding hydrogens is 1050 g/mol. The maximum Gasteiger partial charge on any atom is 0.221 e. The zero-order valence-electron chi connectivity index (χ0n) is 56.1. The van der Waals surface area contributed by atoms with Gasteiger partial charge >= 0.3 is 0 Å². The second kappa shape index (κ2) is 25.4. The molecule has 4 aromatic rings. The molecular formula is C72H112N2O6S2. The quantitative estimate of drug-likeness (QED) is 0.0511. The van der Waals surface area contributed by atoms with Crippen LogP contribution in [0, 0.1) is 0 Å². The molecule has 458 valence electrons. The highest BCUT2D eigenvalue weighted by atomic mass is 32.2. The van der Waals surface area contributed by atoms with Gasteiger partial charge in [-0.15, -0.1) is 0 Å². The topological polar surface area (TPSA) is 139 Å². The molecule has 0 aliphatic carbocycles. The number of rotatable bonds is 19. The van der Waals surface area contributed by atoms with Gasteiger partial charge in [-0.05, 0) is 150 Å². The molecule has 2 amide bonds. The van der Waals surface area contributed by atoms with Crippen molar-refractivity contribution in [3.05, 3.63) is 115 Å². The molecule has 10 heteroatoms. The van der Waals surface area contributed by atoms with Crippen LogP contribution in [0.15, 0.2) is 48.5 Å². The zero-order chi connectivity index (χ0) is 62.9. The fourth-order valence-electron chi connectivity index (χ4n) is 11.3. The molecule has 8 nitrogen and oxygen atoms in total. The van der Waals surface area contributed by atoms with Crippen LogP contribution in [-0.4, -0.2) is 66.3 Å². The maximum absolute atomic E-state index is 14.2. The van der Waals surface area contributed by atoms with Crippen molar-refractivity contribution in [1.82, 2.24) is 10.6 Å². The second-order valence-electron chi connectivity index (χ2n) is 32.8. The van der Waals surface area contributed by atoms with Crippen LogP contribution in [-0.2, 0) is 78.6 Å². The molecule has 0 saturated carbocycles. The minimum Gasteiger partial charge on any atom is -0.507 e. The van der Waals surface area contributed by atoms with Crippen molar-refractivity contribution in [3.63, 3.8) is 0 Å². The Balaban J connectivity index is 1.53. The Morgan fingerprint density at radius 1 is 0.305 bits per heavy atom. The molecule has 0 radical (unpaired) electrons. The van der Waals surface area contributed by atoms with E-state index < -0.39 is 11.1 Å². The number of benzene rings is 4. The molecule has 0 saturated heterocycles. The third-order valence-electron chi connectivity index (χ3n) is 15.7. The van der Waals surface area contributed by atoms with Crippen molar-refractivity contribution in [2.75, 3.05) is 23.0 Å². The SMILES string of the molecule is CC(Cc1cc(C(C)(C)C)c(O)c(C(C)(C)C)c1)(Cc1cc(C(C)(C)C)c(O)c(C(C)(C)C)c1)NC(=O)CCSCCSCCC(=O)NC(C)(Cc1cc(C(C)(C)C)c(O)c(C(C)(C)C)c1)Cc1cc(C(C)(C)C)c(O)c(C(C)(C)C)c1. The Kier molecular flexibility index (Phi) is 21.7. The smallest absolute Gasteiger partial charge is 0.221 e. The minimum absolute atomic E-state index is 0.0211. The third-order valence-corrected chi connectivity index (χ3v) is 18.0. The van der Waals surface area contributed by atoms with Gasteiger partial charge < -0.3 is 31.1 Å². The summed E-state index contributed by atoms with van der Waals surface area (Å²) in [5, 5.41) is 53.6. The molecule has 0 heterocycles. The van der Waals surface area contributed by atoms with E-state index in [2.05, 4.69) is 239 Å². The van der Waals surface area contributed by atoms with Crippen molar-refractivity contribution in [2.24, 2.45) is 0 Å². The zero-order valence-corrected chi connectivity index (χ0v) is 57.7. The van der Waals surface area contributed by atoms with Crippen LogP contribution in [0.25, 0.3) is 0 Å². The molecule has 0 fully saturated rings. The van der Waals surface area contributed by atoms with E-state index in [-0.39, 0.29) is 55.1 Å². The predicted octanol–water partition coefficient (Wildman–Crippen LogP) is 17.2. The van der Waals surface area contributed by atoms with Crippen molar-refractivity contribution >= 4 is 35.3 Å². The lowest BCUT2D eigenvalue weighted by Gasteiger charge is -2.35. The second-order valence-corrected chi connectivity index (χ2v) is 35.3. The number of amides is 2. The standard InChI is InChI=1S/C72H112N2O6S2/c1-63(2,3)49-33-45(34-50(59(49)77)64(4,5)6)41-71(25,42-46-35-51(65(7,8)9)60(78)52(36-46)66(10,11)12)73-57(75)27-29-81-31-32-82-30-28-58(76)74-72(26,43-47-37-53(67(13,14)15)61(79)54(38-47)68(16,17)18)44-48-39-55(69(19,20)21)62(80)56(40-48)70(22,23)24/h33-40,77-80H,27-32,41-44H2,1-26H3,(H,73,75)(H,74,76). The minimum atomic E-state index is -0.708. The predicted molar refractivity (Wildman–Crippen MR) is 354 cm³/mol. The fraction of sp³-hybridized carbons (Fsp3) is 0.639. The van der Waals surface area contributed by atoms with E-state index in [4.69, 9.17) is 0 Å². The summed E-state index contributed by atoms with van der Waals surface area (Å²) in [7, 11) is 0. The number of aromatic hydroxyl groups is 4. The summed E-state index contributed by atoms with van der Waals surface area (Å²) in [5.41, 5.74) is 7.40. The number of carbonyl (C=O) groups is 2. The number of hydrogen-bond acceptors (Lipinski definition) is 8. The number of thioether (sulfide) groups is 2. The summed E-state index contributed by atoms with van der Waals surface area (Å²) in [5.74, 6) is 4.27. The first-order chi connectivity index (χ1) is 36.9. The van der Waals surface area contributed by atoms with Crippen LogP contribution >= 0.6 is 23.5 Å². The van der Waals surface area contributed by atoms with Crippen LogP contribution in [0.1, 0.15) is 260 Å². The van der Waals surface area contributed by atoms with Crippen LogP contribution < -0.4 is 10.6 Å². The Bertz CT molecular complexity index is 2390. The summed E-state index contributed by atoms with van der Waals surface area (Å²) in [6.45, 7) is 55.2. The van der Waals surface area contributed by atoms with Crippen molar-refractivity contribution < 1.29 is 30.0 Å². The Labute approximate surface area is 507 Å². The van der Waals surface area contributed by atoms with Gasteiger partial charge in [0.25, 0.3) is 0 Å². The Morgan fingerprint density at radius 2 is 0.463 bits per heavy atom. The highest BCUT2D eigenvalue weighted by Gasteiger charge is 2.36. The van der Waals surface area contributed by atoms with Gasteiger partial charge in [-0.1, -0.05) is 215 Å². The number of nitrogens with one attached hydrogen (secondary N) is 2. The van der Waals surface area contributed by atoms with Crippen molar-refractivity contribution in [3.8, 4) is 23.0 Å². The first-order valence-corrected chi connectivity index (χ1v) is 32.4. The number of hydrogen-bond donors (Lipinski definition) is 6. The normalized spacial score (nSPS) is 13.6. The average Bonchev–Trinajstić information content (AvgIpc) is 3.31.